The zero-order valence-corrected chi connectivity index (χ0v) is 21.1. The number of benzene rings is 1. The summed E-state index contributed by atoms with van der Waals surface area (Å²) in [7, 11) is 1.74. The van der Waals surface area contributed by atoms with Gasteiger partial charge in [0.05, 0.1) is 36.2 Å². The van der Waals surface area contributed by atoms with Gasteiger partial charge < -0.3 is 19.7 Å². The van der Waals surface area contributed by atoms with E-state index in [9.17, 15) is 18.7 Å². The van der Waals surface area contributed by atoms with Crippen LogP contribution in [0.25, 0.3) is 11.3 Å². The summed E-state index contributed by atoms with van der Waals surface area (Å²) in [4.78, 5) is 21.7. The van der Waals surface area contributed by atoms with Crippen LogP contribution in [0.15, 0.2) is 59.9 Å². The van der Waals surface area contributed by atoms with Crippen molar-refractivity contribution >= 4 is 17.5 Å². The van der Waals surface area contributed by atoms with Crippen LogP contribution in [0.4, 0.5) is 14.7 Å². The quantitative estimate of drug-likeness (QED) is 0.368. The fourth-order valence-electron chi connectivity index (χ4n) is 4.59. The number of ether oxygens (including phenoxy) is 1. The molecule has 38 heavy (non-hydrogen) atoms. The third-order valence-corrected chi connectivity index (χ3v) is 6.75. The van der Waals surface area contributed by atoms with Gasteiger partial charge in [-0.15, -0.1) is 0 Å². The second-order valence-electron chi connectivity index (χ2n) is 9.12. The van der Waals surface area contributed by atoms with E-state index in [1.54, 1.807) is 36.3 Å². The van der Waals surface area contributed by atoms with Crippen LogP contribution in [-0.2, 0) is 11.8 Å². The maximum atomic E-state index is 14.8. The van der Waals surface area contributed by atoms with Crippen LogP contribution < -0.4 is 10.9 Å². The Bertz CT molecular complexity index is 1510. The van der Waals surface area contributed by atoms with E-state index in [4.69, 9.17) is 16.3 Å². The first-order valence-electron chi connectivity index (χ1n) is 12.0. The minimum Gasteiger partial charge on any atom is -0.394 e. The Hall–Kier alpha value is -3.67. The molecule has 1 saturated heterocycles. The van der Waals surface area contributed by atoms with E-state index >= 15 is 0 Å². The molecular formula is C26H25ClF2N6O3. The number of anilines is 1. The second kappa shape index (κ2) is 11.0. The van der Waals surface area contributed by atoms with Crippen molar-refractivity contribution in [2.45, 2.75) is 31.0 Å². The van der Waals surface area contributed by atoms with E-state index in [0.29, 0.717) is 30.6 Å². The molecule has 1 aromatic carbocycles. The van der Waals surface area contributed by atoms with Crippen LogP contribution >= 0.6 is 11.6 Å². The number of halogens is 3. The normalized spacial score (nSPS) is 18.3. The van der Waals surface area contributed by atoms with Gasteiger partial charge in [0.2, 0.25) is 5.95 Å². The molecule has 1 fully saturated rings. The summed E-state index contributed by atoms with van der Waals surface area (Å²) in [5.74, 6) is -1.09. The molecule has 3 aromatic heterocycles. The highest BCUT2D eigenvalue weighted by molar-refractivity contribution is 6.30. The molecule has 4 aromatic rings. The molecule has 2 N–H and O–H groups in total. The van der Waals surface area contributed by atoms with Gasteiger partial charge in [-0.05, 0) is 36.6 Å². The Morgan fingerprint density at radius 2 is 2.05 bits per heavy atom. The summed E-state index contributed by atoms with van der Waals surface area (Å²) in [6.07, 6.45) is 6.85. The van der Waals surface area contributed by atoms with Crippen molar-refractivity contribution in [3.8, 4) is 11.3 Å². The lowest BCUT2D eigenvalue weighted by Crippen LogP contribution is -2.36. The highest BCUT2D eigenvalue weighted by Crippen LogP contribution is 2.29. The van der Waals surface area contributed by atoms with E-state index in [-0.39, 0.29) is 41.0 Å². The number of aromatic nitrogens is 5. The third-order valence-electron chi connectivity index (χ3n) is 6.45. The molecule has 0 radical (unpaired) electrons. The molecule has 1 aliphatic heterocycles. The van der Waals surface area contributed by atoms with Crippen molar-refractivity contribution in [3.05, 3.63) is 93.3 Å². The highest BCUT2D eigenvalue weighted by atomic mass is 35.5. The molecule has 0 amide bonds. The topological polar surface area (TPSA) is 107 Å². The maximum absolute atomic E-state index is 14.8. The lowest BCUT2D eigenvalue weighted by molar-refractivity contribution is -0.0213. The van der Waals surface area contributed by atoms with Crippen LogP contribution in [0.2, 0.25) is 5.02 Å². The third kappa shape index (κ3) is 5.45. The van der Waals surface area contributed by atoms with Crippen LogP contribution in [0.3, 0.4) is 0 Å². The van der Waals surface area contributed by atoms with Crippen molar-refractivity contribution < 1.29 is 18.6 Å². The number of nitrogens with one attached hydrogen (secondary N) is 1. The number of rotatable bonds is 7. The van der Waals surface area contributed by atoms with E-state index < -0.39 is 23.2 Å². The van der Waals surface area contributed by atoms with Gasteiger partial charge in [-0.1, -0.05) is 17.7 Å². The number of pyridine rings is 1. The fourth-order valence-corrected chi connectivity index (χ4v) is 4.71. The molecule has 4 heterocycles. The summed E-state index contributed by atoms with van der Waals surface area (Å²) >= 11 is 5.87. The van der Waals surface area contributed by atoms with E-state index in [2.05, 4.69) is 20.4 Å². The van der Waals surface area contributed by atoms with Crippen LogP contribution in [0.5, 0.6) is 0 Å². The van der Waals surface area contributed by atoms with Gasteiger partial charge in [0, 0.05) is 49.3 Å². The molecule has 5 rings (SSSR count). The first kappa shape index (κ1) is 26.0. The molecule has 198 valence electrons. The molecule has 3 unspecified atom stereocenters. The van der Waals surface area contributed by atoms with Crippen molar-refractivity contribution in [2.24, 2.45) is 7.05 Å². The van der Waals surface area contributed by atoms with Gasteiger partial charge in [0.15, 0.2) is 5.82 Å². The summed E-state index contributed by atoms with van der Waals surface area (Å²) < 4.78 is 37.6. The number of aryl methyl sites for hydroxylation is 1. The molecule has 9 nitrogen and oxygen atoms in total. The maximum Gasteiger partial charge on any atom is 0.252 e. The Morgan fingerprint density at radius 3 is 2.76 bits per heavy atom. The highest BCUT2D eigenvalue weighted by Gasteiger charge is 2.24. The van der Waals surface area contributed by atoms with Crippen molar-refractivity contribution in [3.63, 3.8) is 0 Å². The molecule has 0 bridgehead atoms. The molecule has 0 saturated carbocycles. The Balaban J connectivity index is 1.48. The predicted octanol–water partition coefficient (Wildman–Crippen LogP) is 3.56. The minimum atomic E-state index is -0.697. The molecular weight excluding hydrogens is 518 g/mol. The average Bonchev–Trinajstić information content (AvgIpc) is 3.34. The lowest BCUT2D eigenvalue weighted by Gasteiger charge is -2.29. The average molecular weight is 543 g/mol. The molecule has 12 heteroatoms. The van der Waals surface area contributed by atoms with Gasteiger partial charge in [-0.2, -0.15) is 5.10 Å². The van der Waals surface area contributed by atoms with Gasteiger partial charge in [0.25, 0.3) is 5.56 Å². The Morgan fingerprint density at radius 1 is 1.21 bits per heavy atom. The Labute approximate surface area is 221 Å². The predicted molar refractivity (Wildman–Crippen MR) is 137 cm³/mol. The molecule has 0 spiro atoms. The summed E-state index contributed by atoms with van der Waals surface area (Å²) in [6.45, 7) is 0.386. The number of nitrogens with zero attached hydrogens (tertiary/aromatic N) is 5. The van der Waals surface area contributed by atoms with E-state index in [1.165, 1.54) is 29.0 Å². The first-order valence-corrected chi connectivity index (χ1v) is 12.4. The fraction of sp³-hybridized carbons (Fsp3) is 0.308. The standard InChI is InChI=1S/C26H25ClF2N6O3/c1-34-13-17(11-31-34)25(16-2-3-20(27)21(28)8-16)35-6-4-15(9-23(35)37)24-22(29)12-30-26(33-24)32-18-5-7-38-19(10-18)14-36/h2-4,6,8-9,11-13,18-19,25,36H,5,7,10,14H2,1H3,(H,30,32,33). The summed E-state index contributed by atoms with van der Waals surface area (Å²) in [5, 5.41) is 16.7. The molecule has 1 aliphatic rings. The monoisotopic (exact) mass is 542 g/mol. The van der Waals surface area contributed by atoms with Crippen molar-refractivity contribution in [1.29, 1.82) is 0 Å². The van der Waals surface area contributed by atoms with Crippen LogP contribution in [-0.4, -0.2) is 54.8 Å². The smallest absolute Gasteiger partial charge is 0.252 e. The Kier molecular flexibility index (Phi) is 7.50. The largest absolute Gasteiger partial charge is 0.394 e. The van der Waals surface area contributed by atoms with Crippen LogP contribution in [0, 0.1) is 11.6 Å². The first-order chi connectivity index (χ1) is 18.3. The number of hydrogen-bond donors (Lipinski definition) is 2. The van der Waals surface area contributed by atoms with Gasteiger partial charge >= 0.3 is 0 Å². The molecule has 0 aliphatic carbocycles. The van der Waals surface area contributed by atoms with Crippen molar-refractivity contribution in [2.75, 3.05) is 18.5 Å². The second-order valence-corrected chi connectivity index (χ2v) is 9.52. The summed E-state index contributed by atoms with van der Waals surface area (Å²) in [5.41, 5.74) is 0.928. The summed E-state index contributed by atoms with van der Waals surface area (Å²) in [6, 6.07) is 6.46. The SMILES string of the molecule is Cn1cc(C(c2ccc(Cl)c(F)c2)n2ccc(-c3nc(NC4CCOC(CO)C4)ncc3F)cc2=O)cn1. The van der Waals surface area contributed by atoms with Gasteiger partial charge in [-0.25, -0.2) is 18.7 Å². The number of aliphatic hydroxyl groups is 1. The van der Waals surface area contributed by atoms with Gasteiger partial charge in [0.1, 0.15) is 11.5 Å². The zero-order valence-electron chi connectivity index (χ0n) is 20.4. The minimum absolute atomic E-state index is 0.0299. The number of hydrogen-bond acceptors (Lipinski definition) is 7. The number of aliphatic hydroxyl groups excluding tert-OH is 1. The van der Waals surface area contributed by atoms with E-state index in [0.717, 1.165) is 6.20 Å². The van der Waals surface area contributed by atoms with Crippen LogP contribution in [0.1, 0.15) is 30.0 Å². The van der Waals surface area contributed by atoms with Crippen molar-refractivity contribution in [1.82, 2.24) is 24.3 Å². The molecule has 3 atom stereocenters. The van der Waals surface area contributed by atoms with E-state index in [1.807, 2.05) is 0 Å². The zero-order chi connectivity index (χ0) is 26.8. The van der Waals surface area contributed by atoms with Gasteiger partial charge in [-0.3, -0.25) is 9.48 Å². The lowest BCUT2D eigenvalue weighted by atomic mass is 10.0.